The maximum absolute atomic E-state index is 12.0. The number of phenolic OH excluding ortho intramolecular Hbond substituents is 1. The van der Waals surface area contributed by atoms with Gasteiger partial charge in [-0.1, -0.05) is 12.1 Å². The third-order valence-electron chi connectivity index (χ3n) is 3.06. The SMILES string of the molecule is C[C@@H](NC(=O)[C@H](N)Cc1ccc(O)cc1)c1ccco1. The second-order valence-electron chi connectivity index (χ2n) is 4.72. The lowest BCUT2D eigenvalue weighted by molar-refractivity contribution is -0.123. The molecule has 0 saturated heterocycles. The van der Waals surface area contributed by atoms with E-state index < -0.39 is 6.04 Å². The van der Waals surface area contributed by atoms with Crippen molar-refractivity contribution in [1.82, 2.24) is 5.32 Å². The molecule has 5 heteroatoms. The molecule has 0 saturated carbocycles. The Hall–Kier alpha value is -2.27. The third kappa shape index (κ3) is 3.61. The highest BCUT2D eigenvalue weighted by molar-refractivity contribution is 5.82. The quantitative estimate of drug-likeness (QED) is 0.774. The van der Waals surface area contributed by atoms with Crippen molar-refractivity contribution < 1.29 is 14.3 Å². The number of amides is 1. The van der Waals surface area contributed by atoms with Gasteiger partial charge in [0.25, 0.3) is 0 Å². The predicted molar refractivity (Wildman–Crippen MR) is 75.1 cm³/mol. The summed E-state index contributed by atoms with van der Waals surface area (Å²) in [5, 5.41) is 12.0. The van der Waals surface area contributed by atoms with E-state index in [1.54, 1.807) is 42.7 Å². The van der Waals surface area contributed by atoms with Crippen LogP contribution >= 0.6 is 0 Å². The first-order chi connectivity index (χ1) is 9.56. The van der Waals surface area contributed by atoms with E-state index in [1.165, 1.54) is 0 Å². The fourth-order valence-corrected chi connectivity index (χ4v) is 1.91. The van der Waals surface area contributed by atoms with Gasteiger partial charge >= 0.3 is 0 Å². The summed E-state index contributed by atoms with van der Waals surface area (Å²) in [5.41, 5.74) is 6.78. The van der Waals surface area contributed by atoms with Crippen molar-refractivity contribution in [2.75, 3.05) is 0 Å². The van der Waals surface area contributed by atoms with Crippen LogP contribution < -0.4 is 11.1 Å². The van der Waals surface area contributed by atoms with Gasteiger partial charge < -0.3 is 20.6 Å². The number of aromatic hydroxyl groups is 1. The number of nitrogens with two attached hydrogens (primary N) is 1. The van der Waals surface area contributed by atoms with Crippen molar-refractivity contribution in [3.05, 3.63) is 54.0 Å². The van der Waals surface area contributed by atoms with E-state index in [0.717, 1.165) is 5.56 Å². The largest absolute Gasteiger partial charge is 0.508 e. The van der Waals surface area contributed by atoms with Gasteiger partial charge in [0.15, 0.2) is 0 Å². The smallest absolute Gasteiger partial charge is 0.237 e. The van der Waals surface area contributed by atoms with Gasteiger partial charge in [0.05, 0.1) is 18.3 Å². The average Bonchev–Trinajstić information content (AvgIpc) is 2.95. The minimum Gasteiger partial charge on any atom is -0.508 e. The number of phenols is 1. The van der Waals surface area contributed by atoms with E-state index in [1.807, 2.05) is 6.92 Å². The molecule has 20 heavy (non-hydrogen) atoms. The van der Waals surface area contributed by atoms with E-state index >= 15 is 0 Å². The molecule has 2 atom stereocenters. The van der Waals surface area contributed by atoms with Gasteiger partial charge in [-0.05, 0) is 43.2 Å². The molecule has 2 aromatic rings. The number of hydrogen-bond acceptors (Lipinski definition) is 4. The lowest BCUT2D eigenvalue weighted by Gasteiger charge is -2.16. The standard InChI is InChI=1S/C15H18N2O3/c1-10(14-3-2-8-20-14)17-15(19)13(16)9-11-4-6-12(18)7-5-11/h2-8,10,13,18H,9,16H2,1H3,(H,17,19)/t10-,13-/m1/s1. The molecule has 1 aromatic heterocycles. The average molecular weight is 274 g/mol. The number of hydrogen-bond donors (Lipinski definition) is 3. The Kier molecular flexibility index (Phi) is 4.42. The summed E-state index contributed by atoms with van der Waals surface area (Å²) in [6.45, 7) is 1.84. The lowest BCUT2D eigenvalue weighted by Crippen LogP contribution is -2.42. The zero-order valence-electron chi connectivity index (χ0n) is 11.2. The van der Waals surface area contributed by atoms with Crippen LogP contribution in [0.2, 0.25) is 0 Å². The van der Waals surface area contributed by atoms with Crippen LogP contribution in [0.5, 0.6) is 5.75 Å². The monoisotopic (exact) mass is 274 g/mol. The van der Waals surface area contributed by atoms with Crippen LogP contribution in [0.4, 0.5) is 0 Å². The molecule has 4 N–H and O–H groups in total. The Morgan fingerprint density at radius 1 is 1.35 bits per heavy atom. The number of nitrogens with one attached hydrogen (secondary N) is 1. The molecule has 1 amide bonds. The number of benzene rings is 1. The summed E-state index contributed by atoms with van der Waals surface area (Å²) in [5.74, 6) is 0.648. The van der Waals surface area contributed by atoms with Crippen LogP contribution in [0.1, 0.15) is 24.3 Å². The van der Waals surface area contributed by atoms with E-state index in [-0.39, 0.29) is 17.7 Å². The molecule has 0 fully saturated rings. The van der Waals surface area contributed by atoms with Gasteiger partial charge in [0.1, 0.15) is 11.5 Å². The summed E-state index contributed by atoms with van der Waals surface area (Å²) in [6, 6.07) is 9.36. The molecule has 1 heterocycles. The Balaban J connectivity index is 1.90. The zero-order chi connectivity index (χ0) is 14.5. The van der Waals surface area contributed by atoms with Crippen LogP contribution in [0, 0.1) is 0 Å². The molecule has 1 aromatic carbocycles. The molecule has 0 spiro atoms. The normalized spacial score (nSPS) is 13.7. The number of furan rings is 1. The highest BCUT2D eigenvalue weighted by atomic mass is 16.3. The van der Waals surface area contributed by atoms with Crippen molar-refractivity contribution in [3.8, 4) is 5.75 Å². The molecule has 0 aliphatic heterocycles. The number of carbonyl (C=O) groups is 1. The zero-order valence-corrected chi connectivity index (χ0v) is 11.2. The molecule has 0 radical (unpaired) electrons. The second kappa shape index (κ2) is 6.25. The van der Waals surface area contributed by atoms with Crippen LogP contribution in [0.25, 0.3) is 0 Å². The Labute approximate surface area is 117 Å². The summed E-state index contributed by atoms with van der Waals surface area (Å²) >= 11 is 0. The predicted octanol–water partition coefficient (Wildman–Crippen LogP) is 1.73. The van der Waals surface area contributed by atoms with Crippen molar-refractivity contribution in [3.63, 3.8) is 0 Å². The van der Waals surface area contributed by atoms with Crippen LogP contribution in [-0.2, 0) is 11.2 Å². The van der Waals surface area contributed by atoms with E-state index in [2.05, 4.69) is 5.32 Å². The van der Waals surface area contributed by atoms with Gasteiger partial charge in [-0.3, -0.25) is 4.79 Å². The van der Waals surface area contributed by atoms with Crippen LogP contribution in [0.3, 0.4) is 0 Å². The Morgan fingerprint density at radius 2 is 2.05 bits per heavy atom. The second-order valence-corrected chi connectivity index (χ2v) is 4.72. The summed E-state index contributed by atoms with van der Waals surface area (Å²) in [6.07, 6.45) is 1.98. The Bertz CT molecular complexity index is 549. The van der Waals surface area contributed by atoms with Crippen molar-refractivity contribution in [2.24, 2.45) is 5.73 Å². The fraction of sp³-hybridized carbons (Fsp3) is 0.267. The van der Waals surface area contributed by atoms with E-state index in [9.17, 15) is 9.90 Å². The number of rotatable bonds is 5. The third-order valence-corrected chi connectivity index (χ3v) is 3.06. The van der Waals surface area contributed by atoms with Crippen LogP contribution in [0.15, 0.2) is 47.1 Å². The summed E-state index contributed by atoms with van der Waals surface area (Å²) < 4.78 is 5.22. The molecule has 5 nitrogen and oxygen atoms in total. The lowest BCUT2D eigenvalue weighted by atomic mass is 10.1. The van der Waals surface area contributed by atoms with Gasteiger partial charge in [0.2, 0.25) is 5.91 Å². The topological polar surface area (TPSA) is 88.5 Å². The van der Waals surface area contributed by atoms with Gasteiger partial charge in [0, 0.05) is 0 Å². The van der Waals surface area contributed by atoms with Crippen molar-refractivity contribution in [2.45, 2.75) is 25.4 Å². The van der Waals surface area contributed by atoms with Gasteiger partial charge in [-0.2, -0.15) is 0 Å². The minimum atomic E-state index is -0.642. The highest BCUT2D eigenvalue weighted by Crippen LogP contribution is 2.13. The van der Waals surface area contributed by atoms with Gasteiger partial charge in [-0.15, -0.1) is 0 Å². The summed E-state index contributed by atoms with van der Waals surface area (Å²) in [4.78, 5) is 12.0. The molecule has 106 valence electrons. The van der Waals surface area contributed by atoms with Crippen LogP contribution in [-0.4, -0.2) is 17.1 Å². The molecule has 2 rings (SSSR count). The fourth-order valence-electron chi connectivity index (χ4n) is 1.91. The summed E-state index contributed by atoms with van der Waals surface area (Å²) in [7, 11) is 0. The van der Waals surface area contributed by atoms with E-state index in [4.69, 9.17) is 10.2 Å². The Morgan fingerprint density at radius 3 is 2.65 bits per heavy atom. The van der Waals surface area contributed by atoms with E-state index in [0.29, 0.717) is 12.2 Å². The minimum absolute atomic E-state index is 0.193. The molecular formula is C15H18N2O3. The van der Waals surface area contributed by atoms with Crippen molar-refractivity contribution >= 4 is 5.91 Å². The van der Waals surface area contributed by atoms with Gasteiger partial charge in [-0.25, -0.2) is 0 Å². The molecule has 0 bridgehead atoms. The highest BCUT2D eigenvalue weighted by Gasteiger charge is 2.18. The maximum Gasteiger partial charge on any atom is 0.237 e. The number of carbonyl (C=O) groups excluding carboxylic acids is 1. The molecular weight excluding hydrogens is 256 g/mol. The van der Waals surface area contributed by atoms with Crippen molar-refractivity contribution in [1.29, 1.82) is 0 Å². The maximum atomic E-state index is 12.0. The first kappa shape index (κ1) is 14.1. The first-order valence-corrected chi connectivity index (χ1v) is 6.43. The first-order valence-electron chi connectivity index (χ1n) is 6.43. The molecule has 0 aliphatic carbocycles. The molecule has 0 aliphatic rings. The molecule has 0 unspecified atom stereocenters.